The largest absolute Gasteiger partial charge is 0.463 e. The number of unbranched alkanes of at least 4 members (excludes halogenated alkanes) is 2. The van der Waals surface area contributed by atoms with Gasteiger partial charge in [-0.05, 0) is 33.1 Å². The molecule has 2 N–H and O–H groups in total. The van der Waals surface area contributed by atoms with E-state index in [1.54, 1.807) is 13.8 Å². The Bertz CT molecular complexity index is 912. The van der Waals surface area contributed by atoms with Gasteiger partial charge in [-0.1, -0.05) is 0 Å². The molecule has 0 spiro atoms. The maximum absolute atomic E-state index is 12.0. The molecule has 15 nitrogen and oxygen atoms in total. The first kappa shape index (κ1) is 34.2. The van der Waals surface area contributed by atoms with E-state index in [2.05, 4.69) is 10.6 Å². The summed E-state index contributed by atoms with van der Waals surface area (Å²) in [7, 11) is 0. The molecule has 2 amide bonds. The van der Waals surface area contributed by atoms with Crippen LogP contribution in [0.3, 0.4) is 0 Å². The number of nitrogens with one attached hydrogen (secondary N) is 2. The van der Waals surface area contributed by atoms with Gasteiger partial charge in [0.25, 0.3) is 0 Å². The van der Waals surface area contributed by atoms with E-state index in [9.17, 15) is 24.0 Å². The van der Waals surface area contributed by atoms with Crippen molar-refractivity contribution in [3.8, 4) is 0 Å². The van der Waals surface area contributed by atoms with Crippen LogP contribution in [0, 0.1) is 0 Å². The average molecular weight is 591 g/mol. The van der Waals surface area contributed by atoms with E-state index in [4.69, 9.17) is 37.9 Å². The molecule has 0 aliphatic carbocycles. The number of carbonyl (C=O) groups is 5. The van der Waals surface area contributed by atoms with Crippen LogP contribution in [0.15, 0.2) is 0 Å². The van der Waals surface area contributed by atoms with Crippen molar-refractivity contribution in [2.24, 2.45) is 0 Å². The summed E-state index contributed by atoms with van der Waals surface area (Å²) in [6, 6.07) is -1.02. The van der Waals surface area contributed by atoms with E-state index in [0.29, 0.717) is 32.4 Å². The van der Waals surface area contributed by atoms with Gasteiger partial charge in [-0.15, -0.1) is 0 Å². The molecule has 6 atom stereocenters. The van der Waals surface area contributed by atoms with Crippen molar-refractivity contribution in [1.82, 2.24) is 10.6 Å². The predicted molar refractivity (Wildman–Crippen MR) is 138 cm³/mol. The molecule has 2 aliphatic heterocycles. The summed E-state index contributed by atoms with van der Waals surface area (Å²) in [5, 5.41) is 5.31. The molecule has 2 fully saturated rings. The van der Waals surface area contributed by atoms with Crippen molar-refractivity contribution in [3.05, 3.63) is 0 Å². The third-order valence-electron chi connectivity index (χ3n) is 5.91. The normalized spacial score (nSPS) is 26.9. The maximum atomic E-state index is 12.0. The summed E-state index contributed by atoms with van der Waals surface area (Å²) < 4.78 is 43.8. The Hall–Kier alpha value is -3.01. The summed E-state index contributed by atoms with van der Waals surface area (Å²) >= 11 is 0. The van der Waals surface area contributed by atoms with Crippen LogP contribution in [0.5, 0.6) is 0 Å². The van der Waals surface area contributed by atoms with E-state index >= 15 is 0 Å². The fraction of sp³-hybridized carbons (Fsp3) is 0.808. The van der Waals surface area contributed by atoms with Crippen LogP contribution < -0.4 is 10.6 Å². The zero-order chi connectivity index (χ0) is 30.6. The number of hydrogen-bond donors (Lipinski definition) is 2. The standard InChI is InChI=1S/C26H42N2O13/c1-15(29)28-21-23(39-18(4)32)22(38-17(3)31)20(14-35-16(2)30)40-24(21)34-11-9-7-8-10-27-25(33)36-12-19-13-37-26(5,6)41-19/h19-24H,7-14H2,1-6H3,(H,27,33)(H,28,29)/t19-,20-,21-,22+,23-,24-/m1/s1. The smallest absolute Gasteiger partial charge is 0.407 e. The predicted octanol–water partition coefficient (Wildman–Crippen LogP) is 0.707. The summed E-state index contributed by atoms with van der Waals surface area (Å²) in [5.74, 6) is -3.12. The fourth-order valence-electron chi connectivity index (χ4n) is 4.29. The van der Waals surface area contributed by atoms with Crippen LogP contribution in [0.2, 0.25) is 0 Å². The molecule has 0 bridgehead atoms. The van der Waals surface area contributed by atoms with Gasteiger partial charge in [0.2, 0.25) is 5.91 Å². The van der Waals surface area contributed by atoms with Crippen LogP contribution in [-0.2, 0) is 57.1 Å². The number of esters is 3. The molecule has 234 valence electrons. The van der Waals surface area contributed by atoms with E-state index < -0.39 is 66.3 Å². The van der Waals surface area contributed by atoms with Gasteiger partial charge >= 0.3 is 24.0 Å². The third kappa shape index (κ3) is 12.6. The molecule has 2 heterocycles. The molecule has 0 radical (unpaired) electrons. The summed E-state index contributed by atoms with van der Waals surface area (Å²) in [4.78, 5) is 59.0. The highest BCUT2D eigenvalue weighted by atomic mass is 16.8. The van der Waals surface area contributed by atoms with Gasteiger partial charge in [-0.3, -0.25) is 19.2 Å². The monoisotopic (exact) mass is 590 g/mol. The first-order valence-electron chi connectivity index (χ1n) is 13.5. The van der Waals surface area contributed by atoms with Crippen LogP contribution >= 0.6 is 0 Å². The van der Waals surface area contributed by atoms with Crippen LogP contribution in [-0.4, -0.2) is 105 Å². The lowest BCUT2D eigenvalue weighted by Gasteiger charge is -2.44. The molecule has 15 heteroatoms. The topological polar surface area (TPSA) is 183 Å². The van der Waals surface area contributed by atoms with Crippen molar-refractivity contribution in [2.75, 3.05) is 33.0 Å². The quantitative estimate of drug-likeness (QED) is 0.164. The van der Waals surface area contributed by atoms with Crippen molar-refractivity contribution < 1.29 is 61.9 Å². The van der Waals surface area contributed by atoms with Gasteiger partial charge in [-0.25, -0.2) is 4.79 Å². The minimum absolute atomic E-state index is 0.0884. The molecule has 41 heavy (non-hydrogen) atoms. The molecule has 2 saturated heterocycles. The van der Waals surface area contributed by atoms with Crippen LogP contribution in [0.25, 0.3) is 0 Å². The van der Waals surface area contributed by atoms with E-state index in [1.807, 2.05) is 0 Å². The Labute approximate surface area is 239 Å². The Balaban J connectivity index is 1.87. The average Bonchev–Trinajstić information content (AvgIpc) is 3.21. The molecular formula is C26H42N2O13. The molecule has 2 rings (SSSR count). The number of rotatable bonds is 14. The van der Waals surface area contributed by atoms with Gasteiger partial charge in [-0.2, -0.15) is 0 Å². The van der Waals surface area contributed by atoms with Crippen molar-refractivity contribution in [1.29, 1.82) is 0 Å². The van der Waals surface area contributed by atoms with Gasteiger partial charge < -0.3 is 48.5 Å². The second kappa shape index (κ2) is 16.4. The Morgan fingerprint density at radius 1 is 0.854 bits per heavy atom. The first-order chi connectivity index (χ1) is 19.3. The van der Waals surface area contributed by atoms with Crippen molar-refractivity contribution in [2.45, 2.75) is 103 Å². The third-order valence-corrected chi connectivity index (χ3v) is 5.91. The number of alkyl carbamates (subject to hydrolysis) is 1. The second-order valence-electron chi connectivity index (χ2n) is 10.1. The second-order valence-corrected chi connectivity index (χ2v) is 10.1. The zero-order valence-corrected chi connectivity index (χ0v) is 24.4. The lowest BCUT2D eigenvalue weighted by atomic mass is 9.96. The number of carbonyl (C=O) groups excluding carboxylic acids is 5. The summed E-state index contributed by atoms with van der Waals surface area (Å²) in [6.45, 7) is 9.08. The Morgan fingerprint density at radius 3 is 2.12 bits per heavy atom. The molecule has 2 aliphatic rings. The minimum Gasteiger partial charge on any atom is -0.463 e. The lowest BCUT2D eigenvalue weighted by molar-refractivity contribution is -0.277. The molecule has 0 aromatic rings. The zero-order valence-electron chi connectivity index (χ0n) is 24.4. The maximum Gasteiger partial charge on any atom is 0.407 e. The summed E-state index contributed by atoms with van der Waals surface area (Å²) in [5.41, 5.74) is 0. The fourth-order valence-corrected chi connectivity index (χ4v) is 4.29. The van der Waals surface area contributed by atoms with Crippen LogP contribution in [0.4, 0.5) is 4.79 Å². The highest BCUT2D eigenvalue weighted by Crippen LogP contribution is 2.28. The SMILES string of the molecule is CC(=O)N[C@H]1[C@H](OCCCCCNC(=O)OC[C@@H]2COC(C)(C)O2)O[C@H](COC(C)=O)[C@H](OC(C)=O)[C@@H]1OC(C)=O. The lowest BCUT2D eigenvalue weighted by Crippen LogP contribution is -2.66. The highest BCUT2D eigenvalue weighted by molar-refractivity contribution is 5.73. The highest BCUT2D eigenvalue weighted by Gasteiger charge is 2.51. The Morgan fingerprint density at radius 2 is 1.54 bits per heavy atom. The van der Waals surface area contributed by atoms with Gasteiger partial charge in [0.15, 0.2) is 24.3 Å². The summed E-state index contributed by atoms with van der Waals surface area (Å²) in [6.07, 6.45) is -3.51. The number of amides is 2. The number of hydrogen-bond acceptors (Lipinski definition) is 13. The van der Waals surface area contributed by atoms with Crippen LogP contribution in [0.1, 0.15) is 60.8 Å². The molecule has 0 saturated carbocycles. The molecular weight excluding hydrogens is 548 g/mol. The van der Waals surface area contributed by atoms with Gasteiger partial charge in [0.05, 0.1) is 6.61 Å². The number of ether oxygens (including phenoxy) is 8. The van der Waals surface area contributed by atoms with Crippen molar-refractivity contribution >= 4 is 29.9 Å². The van der Waals surface area contributed by atoms with E-state index in [1.165, 1.54) is 20.8 Å². The van der Waals surface area contributed by atoms with E-state index in [-0.39, 0.29) is 25.9 Å². The first-order valence-corrected chi connectivity index (χ1v) is 13.5. The Kier molecular flexibility index (Phi) is 13.7. The van der Waals surface area contributed by atoms with Crippen molar-refractivity contribution in [3.63, 3.8) is 0 Å². The van der Waals surface area contributed by atoms with Gasteiger partial charge in [0, 0.05) is 40.8 Å². The minimum atomic E-state index is -1.18. The molecule has 0 unspecified atom stereocenters. The molecule has 0 aromatic carbocycles. The van der Waals surface area contributed by atoms with E-state index in [0.717, 1.165) is 6.92 Å². The van der Waals surface area contributed by atoms with Gasteiger partial charge in [0.1, 0.15) is 31.5 Å². The molecule has 0 aromatic heterocycles.